The second-order valence-corrected chi connectivity index (χ2v) is 5.27. The highest BCUT2D eigenvalue weighted by Gasteiger charge is 2.10. The maximum absolute atomic E-state index is 11.7. The SMILES string of the molecule is CSCC(=O)Nc1cc(C)nn1-c1ccc(C)cc1. The fourth-order valence-corrected chi connectivity index (χ4v) is 2.12. The molecule has 5 heteroatoms. The molecule has 1 aromatic heterocycles. The lowest BCUT2D eigenvalue weighted by Gasteiger charge is -2.08. The predicted molar refractivity (Wildman–Crippen MR) is 80.0 cm³/mol. The molecule has 0 unspecified atom stereocenters. The minimum atomic E-state index is -0.0132. The monoisotopic (exact) mass is 275 g/mol. The molecule has 4 nitrogen and oxygen atoms in total. The average Bonchev–Trinajstić information content (AvgIpc) is 2.71. The van der Waals surface area contributed by atoms with E-state index >= 15 is 0 Å². The summed E-state index contributed by atoms with van der Waals surface area (Å²) in [6.45, 7) is 3.95. The maximum atomic E-state index is 11.7. The quantitative estimate of drug-likeness (QED) is 0.933. The zero-order valence-electron chi connectivity index (χ0n) is 11.3. The van der Waals surface area contributed by atoms with Crippen LogP contribution in [0.25, 0.3) is 5.69 Å². The van der Waals surface area contributed by atoms with Crippen molar-refractivity contribution < 1.29 is 4.79 Å². The van der Waals surface area contributed by atoms with Crippen molar-refractivity contribution in [2.45, 2.75) is 13.8 Å². The first kappa shape index (κ1) is 13.7. The number of carbonyl (C=O) groups excluding carboxylic acids is 1. The molecule has 1 N–H and O–H groups in total. The number of thioether (sulfide) groups is 1. The Morgan fingerprint density at radius 2 is 2.00 bits per heavy atom. The Balaban J connectivity index is 2.30. The summed E-state index contributed by atoms with van der Waals surface area (Å²) in [7, 11) is 0. The molecule has 0 spiro atoms. The minimum absolute atomic E-state index is 0.0132. The number of anilines is 1. The molecule has 2 rings (SSSR count). The molecule has 0 atom stereocenters. The number of nitrogens with zero attached hydrogens (tertiary/aromatic N) is 2. The molecule has 0 bridgehead atoms. The lowest BCUT2D eigenvalue weighted by molar-refractivity contribution is -0.113. The number of aryl methyl sites for hydroxylation is 2. The summed E-state index contributed by atoms with van der Waals surface area (Å²) >= 11 is 1.50. The third kappa shape index (κ3) is 3.38. The van der Waals surface area contributed by atoms with Crippen LogP contribution in [0.3, 0.4) is 0 Å². The molecule has 1 aromatic carbocycles. The number of benzene rings is 1. The van der Waals surface area contributed by atoms with Gasteiger partial charge < -0.3 is 5.32 Å². The van der Waals surface area contributed by atoms with E-state index in [4.69, 9.17) is 0 Å². The Kier molecular flexibility index (Phi) is 4.27. The van der Waals surface area contributed by atoms with Crippen LogP contribution in [0.4, 0.5) is 5.82 Å². The van der Waals surface area contributed by atoms with Crippen molar-refractivity contribution in [1.82, 2.24) is 9.78 Å². The molecule has 1 heterocycles. The Hall–Kier alpha value is -1.75. The Morgan fingerprint density at radius 3 is 2.63 bits per heavy atom. The van der Waals surface area contributed by atoms with Gasteiger partial charge in [0, 0.05) is 6.07 Å². The first-order valence-corrected chi connectivity index (χ1v) is 7.42. The number of hydrogen-bond acceptors (Lipinski definition) is 3. The van der Waals surface area contributed by atoms with Crippen LogP contribution >= 0.6 is 11.8 Å². The molecule has 1 amide bonds. The number of hydrogen-bond donors (Lipinski definition) is 1. The summed E-state index contributed by atoms with van der Waals surface area (Å²) in [4.78, 5) is 11.7. The van der Waals surface area contributed by atoms with E-state index in [2.05, 4.69) is 10.4 Å². The van der Waals surface area contributed by atoms with E-state index in [1.807, 2.05) is 50.4 Å². The summed E-state index contributed by atoms with van der Waals surface area (Å²) < 4.78 is 1.76. The van der Waals surface area contributed by atoms with Gasteiger partial charge in [-0.2, -0.15) is 16.9 Å². The summed E-state index contributed by atoms with van der Waals surface area (Å²) in [6, 6.07) is 9.91. The van der Waals surface area contributed by atoms with Gasteiger partial charge in [-0.1, -0.05) is 17.7 Å². The second-order valence-electron chi connectivity index (χ2n) is 4.40. The van der Waals surface area contributed by atoms with E-state index in [1.54, 1.807) is 4.68 Å². The lowest BCUT2D eigenvalue weighted by atomic mass is 10.2. The van der Waals surface area contributed by atoms with Gasteiger partial charge in [-0.3, -0.25) is 4.79 Å². The smallest absolute Gasteiger partial charge is 0.235 e. The predicted octanol–water partition coefficient (Wildman–Crippen LogP) is 2.79. The number of aromatic nitrogens is 2. The second kappa shape index (κ2) is 5.93. The van der Waals surface area contributed by atoms with Gasteiger partial charge in [-0.15, -0.1) is 0 Å². The maximum Gasteiger partial charge on any atom is 0.235 e. The summed E-state index contributed by atoms with van der Waals surface area (Å²) in [5.41, 5.74) is 3.01. The van der Waals surface area contributed by atoms with Crippen molar-refractivity contribution in [3.05, 3.63) is 41.6 Å². The van der Waals surface area contributed by atoms with E-state index in [-0.39, 0.29) is 5.91 Å². The highest BCUT2D eigenvalue weighted by atomic mass is 32.2. The Bertz CT molecular complexity index is 575. The average molecular weight is 275 g/mol. The van der Waals surface area contributed by atoms with E-state index in [1.165, 1.54) is 17.3 Å². The largest absolute Gasteiger partial charge is 0.310 e. The van der Waals surface area contributed by atoms with Gasteiger partial charge in [0.2, 0.25) is 5.91 Å². The summed E-state index contributed by atoms with van der Waals surface area (Å²) in [5.74, 6) is 1.14. The van der Waals surface area contributed by atoms with Crippen molar-refractivity contribution in [3.8, 4) is 5.69 Å². The van der Waals surface area contributed by atoms with Gasteiger partial charge in [0.05, 0.1) is 17.1 Å². The van der Waals surface area contributed by atoms with Crippen LogP contribution < -0.4 is 5.32 Å². The molecular weight excluding hydrogens is 258 g/mol. The number of nitrogens with one attached hydrogen (secondary N) is 1. The topological polar surface area (TPSA) is 46.9 Å². The normalized spacial score (nSPS) is 10.5. The molecule has 0 radical (unpaired) electrons. The van der Waals surface area contributed by atoms with Gasteiger partial charge in [-0.25, -0.2) is 4.68 Å². The van der Waals surface area contributed by atoms with Gasteiger partial charge in [0.1, 0.15) is 5.82 Å². The highest BCUT2D eigenvalue weighted by Crippen LogP contribution is 2.17. The number of carbonyl (C=O) groups is 1. The standard InChI is InChI=1S/C14H17N3OS/c1-10-4-6-12(7-5-10)17-13(8-11(2)16-17)15-14(18)9-19-3/h4-8H,9H2,1-3H3,(H,15,18). The highest BCUT2D eigenvalue weighted by molar-refractivity contribution is 7.99. The molecule has 0 aliphatic heterocycles. The fourth-order valence-electron chi connectivity index (χ4n) is 1.78. The first-order chi connectivity index (χ1) is 9.10. The molecule has 2 aromatic rings. The van der Waals surface area contributed by atoms with E-state index in [9.17, 15) is 4.79 Å². The molecule has 100 valence electrons. The zero-order chi connectivity index (χ0) is 13.8. The van der Waals surface area contributed by atoms with Crippen LogP contribution in [0.2, 0.25) is 0 Å². The van der Waals surface area contributed by atoms with Gasteiger partial charge >= 0.3 is 0 Å². The van der Waals surface area contributed by atoms with Crippen LogP contribution in [-0.2, 0) is 4.79 Å². The molecule has 0 fully saturated rings. The molecule has 19 heavy (non-hydrogen) atoms. The molecule has 0 saturated heterocycles. The number of amides is 1. The Morgan fingerprint density at radius 1 is 1.32 bits per heavy atom. The van der Waals surface area contributed by atoms with E-state index in [0.29, 0.717) is 11.6 Å². The molecule has 0 aliphatic rings. The molecular formula is C14H17N3OS. The lowest BCUT2D eigenvalue weighted by Crippen LogP contribution is -2.16. The van der Waals surface area contributed by atoms with E-state index in [0.717, 1.165) is 11.4 Å². The zero-order valence-corrected chi connectivity index (χ0v) is 12.1. The first-order valence-electron chi connectivity index (χ1n) is 6.02. The van der Waals surface area contributed by atoms with Crippen molar-refractivity contribution in [3.63, 3.8) is 0 Å². The molecule has 0 saturated carbocycles. The van der Waals surface area contributed by atoms with Crippen LogP contribution in [0.15, 0.2) is 30.3 Å². The van der Waals surface area contributed by atoms with Crippen LogP contribution in [0, 0.1) is 13.8 Å². The minimum Gasteiger partial charge on any atom is -0.310 e. The van der Waals surface area contributed by atoms with Crippen molar-refractivity contribution in [1.29, 1.82) is 0 Å². The fraction of sp³-hybridized carbons (Fsp3) is 0.286. The van der Waals surface area contributed by atoms with Crippen molar-refractivity contribution in [2.24, 2.45) is 0 Å². The third-order valence-electron chi connectivity index (χ3n) is 2.65. The van der Waals surface area contributed by atoms with Crippen molar-refractivity contribution in [2.75, 3.05) is 17.3 Å². The van der Waals surface area contributed by atoms with E-state index < -0.39 is 0 Å². The van der Waals surface area contributed by atoms with Gasteiger partial charge in [0.15, 0.2) is 0 Å². The van der Waals surface area contributed by atoms with Gasteiger partial charge in [-0.05, 0) is 32.2 Å². The van der Waals surface area contributed by atoms with Crippen molar-refractivity contribution >= 4 is 23.5 Å². The summed E-state index contributed by atoms with van der Waals surface area (Å²) in [6.07, 6.45) is 1.90. The van der Waals surface area contributed by atoms with Gasteiger partial charge in [0.25, 0.3) is 0 Å². The number of rotatable bonds is 4. The van der Waals surface area contributed by atoms with Crippen LogP contribution in [0.5, 0.6) is 0 Å². The molecule has 0 aliphatic carbocycles. The van der Waals surface area contributed by atoms with Crippen LogP contribution in [0.1, 0.15) is 11.3 Å². The summed E-state index contributed by atoms with van der Waals surface area (Å²) in [5, 5.41) is 7.30. The Labute approximate surface area is 117 Å². The third-order valence-corrected chi connectivity index (χ3v) is 3.20. The van der Waals surface area contributed by atoms with Crippen LogP contribution in [-0.4, -0.2) is 27.7 Å².